The zero-order chi connectivity index (χ0) is 19.3. The first-order chi connectivity index (χ1) is 13.8. The van der Waals surface area contributed by atoms with Gasteiger partial charge in [0.05, 0.1) is 12.3 Å². The van der Waals surface area contributed by atoms with E-state index < -0.39 is 0 Å². The largest absolute Gasteiger partial charge is 0.316 e. The summed E-state index contributed by atoms with van der Waals surface area (Å²) in [7, 11) is 0. The first-order valence-corrected chi connectivity index (χ1v) is 11.3. The van der Waals surface area contributed by atoms with Gasteiger partial charge in [0.25, 0.3) is 0 Å². The predicted molar refractivity (Wildman–Crippen MR) is 112 cm³/mol. The summed E-state index contributed by atoms with van der Waals surface area (Å²) >= 11 is 1.52. The summed E-state index contributed by atoms with van der Waals surface area (Å²) in [5.74, 6) is 2.17. The molecular formula is C22H28N4OS. The van der Waals surface area contributed by atoms with Crippen LogP contribution in [0.15, 0.2) is 47.3 Å². The first kappa shape index (κ1) is 19.2. The Bertz CT molecular complexity index is 841. The number of benzene rings is 1. The Morgan fingerprint density at radius 3 is 2.71 bits per heavy atom. The van der Waals surface area contributed by atoms with E-state index in [1.807, 2.05) is 11.0 Å². The summed E-state index contributed by atoms with van der Waals surface area (Å²) in [6.45, 7) is 3.55. The van der Waals surface area contributed by atoms with Crippen molar-refractivity contribution in [2.45, 2.75) is 63.1 Å². The van der Waals surface area contributed by atoms with E-state index in [4.69, 9.17) is 0 Å². The van der Waals surface area contributed by atoms with Crippen LogP contribution in [-0.4, -0.2) is 37.9 Å². The van der Waals surface area contributed by atoms with Crippen molar-refractivity contribution in [2.75, 3.05) is 12.3 Å². The van der Waals surface area contributed by atoms with E-state index in [0.717, 1.165) is 36.9 Å². The van der Waals surface area contributed by atoms with Crippen molar-refractivity contribution in [2.24, 2.45) is 0 Å². The molecule has 1 heterocycles. The van der Waals surface area contributed by atoms with Crippen LogP contribution >= 0.6 is 11.8 Å². The van der Waals surface area contributed by atoms with Gasteiger partial charge in [0.2, 0.25) is 5.91 Å². The van der Waals surface area contributed by atoms with E-state index in [0.29, 0.717) is 11.7 Å². The second kappa shape index (κ2) is 8.95. The Balaban J connectivity index is 1.47. The summed E-state index contributed by atoms with van der Waals surface area (Å²) in [4.78, 5) is 14.8. The van der Waals surface area contributed by atoms with Crippen LogP contribution in [0.2, 0.25) is 0 Å². The first-order valence-electron chi connectivity index (χ1n) is 10.4. The second-order valence-corrected chi connectivity index (χ2v) is 8.50. The maximum Gasteiger partial charge on any atom is 0.237 e. The normalized spacial score (nSPS) is 16.7. The second-order valence-electron chi connectivity index (χ2n) is 7.55. The number of rotatable bonds is 8. The fourth-order valence-electron chi connectivity index (χ4n) is 3.78. The highest BCUT2D eigenvalue weighted by Crippen LogP contribution is 2.40. The molecule has 1 aromatic heterocycles. The lowest BCUT2D eigenvalue weighted by Gasteiger charge is -2.26. The summed E-state index contributed by atoms with van der Waals surface area (Å²) in [6.07, 6.45) is 9.12. The third-order valence-electron chi connectivity index (χ3n) is 5.43. The maximum absolute atomic E-state index is 12.9. The number of allylic oxidation sites excluding steroid dienone is 2. The topological polar surface area (TPSA) is 51.0 Å². The number of nitrogens with zero attached hydrogens (tertiary/aromatic N) is 4. The monoisotopic (exact) mass is 396 g/mol. The molecule has 148 valence electrons. The molecule has 0 radical (unpaired) electrons. The van der Waals surface area contributed by atoms with Crippen LogP contribution in [0.3, 0.4) is 0 Å². The van der Waals surface area contributed by atoms with Gasteiger partial charge < -0.3 is 9.47 Å². The molecule has 0 N–H and O–H groups in total. The molecule has 5 nitrogen and oxygen atoms in total. The Hall–Kier alpha value is -2.08. The maximum atomic E-state index is 12.9. The lowest BCUT2D eigenvalue weighted by molar-refractivity contribution is -0.126. The molecular weight excluding hydrogens is 368 g/mol. The number of amides is 1. The predicted octanol–water partition coefficient (Wildman–Crippen LogP) is 4.60. The van der Waals surface area contributed by atoms with E-state index in [1.54, 1.807) is 0 Å². The molecule has 0 saturated heterocycles. The van der Waals surface area contributed by atoms with Crippen LogP contribution < -0.4 is 0 Å². The SMILES string of the molecule is CCN(C(=O)CSc1nnc(C2CC2)n1Cc1ccccc1)C1=CCCCC1. The van der Waals surface area contributed by atoms with E-state index in [9.17, 15) is 4.79 Å². The Morgan fingerprint density at radius 1 is 1.21 bits per heavy atom. The number of hydrogen-bond acceptors (Lipinski definition) is 4. The molecule has 4 rings (SSSR count). The van der Waals surface area contributed by atoms with E-state index >= 15 is 0 Å². The molecule has 1 aromatic carbocycles. The van der Waals surface area contributed by atoms with Crippen LogP contribution in [0, 0.1) is 0 Å². The van der Waals surface area contributed by atoms with Crippen LogP contribution in [-0.2, 0) is 11.3 Å². The molecule has 0 unspecified atom stereocenters. The Labute approximate surface area is 171 Å². The van der Waals surface area contributed by atoms with Crippen molar-refractivity contribution in [3.63, 3.8) is 0 Å². The average molecular weight is 397 g/mol. The van der Waals surface area contributed by atoms with Gasteiger partial charge in [-0.05, 0) is 51.0 Å². The van der Waals surface area contributed by atoms with E-state index in [1.165, 1.54) is 48.7 Å². The summed E-state index contributed by atoms with van der Waals surface area (Å²) in [5, 5.41) is 9.75. The highest BCUT2D eigenvalue weighted by molar-refractivity contribution is 7.99. The lowest BCUT2D eigenvalue weighted by Crippen LogP contribution is -2.32. The summed E-state index contributed by atoms with van der Waals surface area (Å²) in [5.41, 5.74) is 2.43. The van der Waals surface area contributed by atoms with Gasteiger partial charge in [-0.3, -0.25) is 4.79 Å². The molecule has 0 spiro atoms. The number of hydrogen-bond donors (Lipinski definition) is 0. The average Bonchev–Trinajstić information content (AvgIpc) is 3.50. The zero-order valence-electron chi connectivity index (χ0n) is 16.5. The van der Waals surface area contributed by atoms with E-state index in [2.05, 4.69) is 52.0 Å². The van der Waals surface area contributed by atoms with Crippen molar-refractivity contribution >= 4 is 17.7 Å². The van der Waals surface area contributed by atoms with Crippen molar-refractivity contribution in [1.82, 2.24) is 19.7 Å². The van der Waals surface area contributed by atoms with Gasteiger partial charge in [-0.2, -0.15) is 0 Å². The van der Waals surface area contributed by atoms with Gasteiger partial charge in [0.15, 0.2) is 5.16 Å². The molecule has 6 heteroatoms. The molecule has 1 saturated carbocycles. The standard InChI is InChI=1S/C22H28N4OS/c1-2-25(19-11-7-4-8-12-19)20(27)16-28-22-24-23-21(18-13-14-18)26(22)15-17-9-5-3-6-10-17/h3,5-6,9-11,18H,2,4,7-8,12-16H2,1H3. The van der Waals surface area contributed by atoms with E-state index in [-0.39, 0.29) is 5.91 Å². The molecule has 0 atom stereocenters. The van der Waals surface area contributed by atoms with Gasteiger partial charge in [0, 0.05) is 18.2 Å². The third-order valence-corrected chi connectivity index (χ3v) is 6.38. The molecule has 28 heavy (non-hydrogen) atoms. The smallest absolute Gasteiger partial charge is 0.237 e. The van der Waals surface area contributed by atoms with Gasteiger partial charge in [-0.1, -0.05) is 48.2 Å². The van der Waals surface area contributed by atoms with Gasteiger partial charge in [0.1, 0.15) is 5.82 Å². The fraction of sp³-hybridized carbons (Fsp3) is 0.500. The van der Waals surface area contributed by atoms with Gasteiger partial charge in [-0.15, -0.1) is 10.2 Å². The highest BCUT2D eigenvalue weighted by atomic mass is 32.2. The van der Waals surface area contributed by atoms with Crippen molar-refractivity contribution in [3.8, 4) is 0 Å². The quantitative estimate of drug-likeness (QED) is 0.612. The fourth-order valence-corrected chi connectivity index (χ4v) is 4.60. The molecule has 0 aliphatic heterocycles. The lowest BCUT2D eigenvalue weighted by atomic mass is 10.0. The molecule has 1 amide bonds. The number of thioether (sulfide) groups is 1. The van der Waals surface area contributed by atoms with Crippen molar-refractivity contribution in [3.05, 3.63) is 53.5 Å². The summed E-state index contributed by atoms with van der Waals surface area (Å²) < 4.78 is 2.21. The zero-order valence-corrected chi connectivity index (χ0v) is 17.3. The van der Waals surface area contributed by atoms with Crippen LogP contribution in [0.4, 0.5) is 0 Å². The van der Waals surface area contributed by atoms with Gasteiger partial charge >= 0.3 is 0 Å². The Morgan fingerprint density at radius 2 is 2.04 bits per heavy atom. The minimum Gasteiger partial charge on any atom is -0.316 e. The minimum absolute atomic E-state index is 0.169. The van der Waals surface area contributed by atoms with Crippen molar-refractivity contribution < 1.29 is 4.79 Å². The number of carbonyl (C=O) groups is 1. The summed E-state index contributed by atoms with van der Waals surface area (Å²) in [6, 6.07) is 10.4. The number of aromatic nitrogens is 3. The molecule has 1 fully saturated rings. The van der Waals surface area contributed by atoms with Gasteiger partial charge in [-0.25, -0.2) is 0 Å². The van der Waals surface area contributed by atoms with Crippen molar-refractivity contribution in [1.29, 1.82) is 0 Å². The molecule has 2 aliphatic rings. The van der Waals surface area contributed by atoms with Crippen LogP contribution in [0.1, 0.15) is 62.8 Å². The third kappa shape index (κ3) is 4.49. The molecule has 2 aromatic rings. The highest BCUT2D eigenvalue weighted by Gasteiger charge is 2.30. The molecule has 2 aliphatic carbocycles. The minimum atomic E-state index is 0.169. The Kier molecular flexibility index (Phi) is 6.15. The number of carbonyl (C=O) groups excluding carboxylic acids is 1. The van der Waals surface area contributed by atoms with Crippen LogP contribution in [0.5, 0.6) is 0 Å². The van der Waals surface area contributed by atoms with Crippen LogP contribution in [0.25, 0.3) is 0 Å². The molecule has 0 bridgehead atoms.